The van der Waals surface area contributed by atoms with Crippen LogP contribution in [0.4, 0.5) is 17.6 Å². The van der Waals surface area contributed by atoms with E-state index in [9.17, 15) is 32.6 Å². The van der Waals surface area contributed by atoms with Crippen LogP contribution in [0.15, 0.2) is 73.1 Å². The lowest BCUT2D eigenvalue weighted by atomic mass is 9.99. The third-order valence-corrected chi connectivity index (χ3v) is 7.32. The molecule has 0 radical (unpaired) electrons. The van der Waals surface area contributed by atoms with E-state index in [4.69, 9.17) is 4.74 Å². The molecule has 42 heavy (non-hydrogen) atoms. The zero-order valence-electron chi connectivity index (χ0n) is 22.4. The standard InChI is InChI=1S/C30H28F4N4O4/c1-42-27-10-19(6-8-24(27)21-14-36-37-15-21)29(41)38-16-23(39)12-26(38)17-3-2-4-18(9-17)28(40)35-13-20-5-7-22(11-25(20)31)30(32,33)34/h2-11,14-15,23,26,29,39,41H,12-13,16H2,1H3,(H,35,40)(H,36,37)/t23?,26-,29?/m1/s1. The maximum Gasteiger partial charge on any atom is 0.416 e. The number of β-amino-alcohol motifs (C(OH)–C–C–N with tert-alkyl or cyclic N) is 1. The second kappa shape index (κ2) is 11.9. The summed E-state index contributed by atoms with van der Waals surface area (Å²) in [7, 11) is 1.53. The highest BCUT2D eigenvalue weighted by Gasteiger charge is 2.37. The van der Waals surface area contributed by atoms with Crippen LogP contribution in [0.2, 0.25) is 0 Å². The minimum Gasteiger partial charge on any atom is -0.496 e. The van der Waals surface area contributed by atoms with E-state index in [1.54, 1.807) is 53.7 Å². The molecule has 3 aromatic carbocycles. The van der Waals surface area contributed by atoms with Gasteiger partial charge in [0.1, 0.15) is 17.8 Å². The number of alkyl halides is 3. The van der Waals surface area contributed by atoms with Crippen molar-refractivity contribution in [3.05, 3.63) is 107 Å². The van der Waals surface area contributed by atoms with Crippen molar-refractivity contribution in [3.8, 4) is 16.9 Å². The highest BCUT2D eigenvalue weighted by molar-refractivity contribution is 5.94. The van der Waals surface area contributed by atoms with Gasteiger partial charge in [-0.1, -0.05) is 30.3 Å². The van der Waals surface area contributed by atoms with Gasteiger partial charge in [-0.3, -0.25) is 14.8 Å². The number of methoxy groups -OCH3 is 1. The molecular formula is C30H28F4N4O4. The molecule has 0 aliphatic carbocycles. The molecule has 1 saturated heterocycles. The van der Waals surface area contributed by atoms with E-state index in [0.29, 0.717) is 29.4 Å². The van der Waals surface area contributed by atoms with E-state index in [0.717, 1.165) is 23.3 Å². The summed E-state index contributed by atoms with van der Waals surface area (Å²) in [6.07, 6.45) is -2.80. The van der Waals surface area contributed by atoms with Gasteiger partial charge in [-0.25, -0.2) is 4.39 Å². The fourth-order valence-corrected chi connectivity index (χ4v) is 5.16. The first-order chi connectivity index (χ1) is 20.0. The minimum atomic E-state index is -4.67. The number of benzene rings is 3. The van der Waals surface area contributed by atoms with Crippen molar-refractivity contribution in [2.45, 2.75) is 37.5 Å². The molecular weight excluding hydrogens is 556 g/mol. The maximum absolute atomic E-state index is 14.2. The van der Waals surface area contributed by atoms with Gasteiger partial charge in [-0.15, -0.1) is 0 Å². The average Bonchev–Trinajstić information content (AvgIpc) is 3.65. The van der Waals surface area contributed by atoms with Crippen LogP contribution in [0.3, 0.4) is 0 Å². The second-order valence-corrected chi connectivity index (χ2v) is 10.0. The Morgan fingerprint density at radius 2 is 2.00 bits per heavy atom. The van der Waals surface area contributed by atoms with Crippen LogP contribution in [-0.4, -0.2) is 51.0 Å². The summed E-state index contributed by atoms with van der Waals surface area (Å²) in [4.78, 5) is 14.6. The van der Waals surface area contributed by atoms with Crippen molar-refractivity contribution < 1.29 is 37.3 Å². The normalized spacial score (nSPS) is 18.2. The number of H-pyrrole nitrogens is 1. The van der Waals surface area contributed by atoms with Gasteiger partial charge in [0, 0.05) is 47.6 Å². The number of aliphatic hydroxyl groups excluding tert-OH is 2. The molecule has 1 aliphatic heterocycles. The van der Waals surface area contributed by atoms with Crippen LogP contribution in [-0.2, 0) is 12.7 Å². The van der Waals surface area contributed by atoms with E-state index < -0.39 is 41.8 Å². The number of nitrogens with one attached hydrogen (secondary N) is 2. The van der Waals surface area contributed by atoms with Crippen molar-refractivity contribution in [1.82, 2.24) is 20.4 Å². The van der Waals surface area contributed by atoms with E-state index >= 15 is 0 Å². The molecule has 5 rings (SSSR count). The number of hydrogen-bond acceptors (Lipinski definition) is 6. The fraction of sp³-hybridized carbons (Fsp3) is 0.267. The van der Waals surface area contributed by atoms with E-state index in [2.05, 4.69) is 15.5 Å². The molecule has 4 N–H and O–H groups in total. The number of likely N-dealkylation sites (tertiary alicyclic amines) is 1. The van der Waals surface area contributed by atoms with E-state index in [-0.39, 0.29) is 24.2 Å². The summed E-state index contributed by atoms with van der Waals surface area (Å²) in [5, 5.41) is 31.1. The number of halogens is 4. The second-order valence-electron chi connectivity index (χ2n) is 10.0. The zero-order chi connectivity index (χ0) is 30.0. The molecule has 0 bridgehead atoms. The number of aliphatic hydroxyl groups is 2. The zero-order valence-corrected chi connectivity index (χ0v) is 22.4. The van der Waals surface area contributed by atoms with E-state index in [1.807, 2.05) is 6.07 Å². The summed E-state index contributed by atoms with van der Waals surface area (Å²) in [6.45, 7) is -0.127. The summed E-state index contributed by atoms with van der Waals surface area (Å²) >= 11 is 0. The molecule has 1 fully saturated rings. The van der Waals surface area contributed by atoms with Crippen molar-refractivity contribution in [2.75, 3.05) is 13.7 Å². The van der Waals surface area contributed by atoms with Gasteiger partial charge < -0.3 is 20.3 Å². The Hall–Kier alpha value is -4.26. The lowest BCUT2D eigenvalue weighted by molar-refractivity contribution is -0.137. The van der Waals surface area contributed by atoms with Crippen LogP contribution in [0.1, 0.15) is 51.3 Å². The number of nitrogens with zero attached hydrogens (tertiary/aromatic N) is 2. The van der Waals surface area contributed by atoms with Gasteiger partial charge in [0.25, 0.3) is 5.91 Å². The highest BCUT2D eigenvalue weighted by Crippen LogP contribution is 2.40. The van der Waals surface area contributed by atoms with Crippen LogP contribution in [0, 0.1) is 5.82 Å². The van der Waals surface area contributed by atoms with Crippen molar-refractivity contribution in [1.29, 1.82) is 0 Å². The molecule has 0 spiro atoms. The smallest absolute Gasteiger partial charge is 0.416 e. The molecule has 1 aromatic heterocycles. The SMILES string of the molecule is COc1cc(C(O)N2CC(O)C[C@@H]2c2cccc(C(=O)NCc3ccc(C(F)(F)F)cc3F)c2)ccc1-c1cn[nH]c1. The number of rotatable bonds is 8. The lowest BCUT2D eigenvalue weighted by Crippen LogP contribution is -2.30. The first-order valence-corrected chi connectivity index (χ1v) is 13.1. The third-order valence-electron chi connectivity index (χ3n) is 7.32. The van der Waals surface area contributed by atoms with Gasteiger partial charge in [-0.2, -0.15) is 18.3 Å². The molecule has 12 heteroatoms. The molecule has 3 atom stereocenters. The van der Waals surface area contributed by atoms with Gasteiger partial charge >= 0.3 is 6.18 Å². The fourth-order valence-electron chi connectivity index (χ4n) is 5.16. The topological polar surface area (TPSA) is 111 Å². The van der Waals surface area contributed by atoms with Crippen LogP contribution in [0.25, 0.3) is 11.1 Å². The quantitative estimate of drug-likeness (QED) is 0.218. The Bertz CT molecular complexity index is 1560. The number of carbonyl (C=O) groups excluding carboxylic acids is 1. The Morgan fingerprint density at radius 1 is 1.19 bits per heavy atom. The van der Waals surface area contributed by atoms with Crippen LogP contribution in [0.5, 0.6) is 5.75 Å². The first kappa shape index (κ1) is 29.2. The number of hydrogen-bond donors (Lipinski definition) is 4. The number of amides is 1. The average molecular weight is 585 g/mol. The molecule has 1 amide bonds. The van der Waals surface area contributed by atoms with Gasteiger partial charge in [0.15, 0.2) is 0 Å². The monoisotopic (exact) mass is 584 g/mol. The third kappa shape index (κ3) is 6.15. The number of ether oxygens (including phenoxy) is 1. The summed E-state index contributed by atoms with van der Waals surface area (Å²) in [5.74, 6) is -1.09. The maximum atomic E-state index is 14.2. The molecule has 4 aromatic rings. The Balaban J connectivity index is 1.32. The van der Waals surface area contributed by atoms with Crippen LogP contribution >= 0.6 is 0 Å². The number of aromatic amines is 1. The Labute approximate surface area is 238 Å². The minimum absolute atomic E-state index is 0.0880. The molecule has 0 saturated carbocycles. The largest absolute Gasteiger partial charge is 0.496 e. The van der Waals surface area contributed by atoms with Crippen molar-refractivity contribution in [2.24, 2.45) is 0 Å². The van der Waals surface area contributed by atoms with Crippen LogP contribution < -0.4 is 10.1 Å². The summed E-state index contributed by atoms with van der Waals surface area (Å²) < 4.78 is 58.2. The Morgan fingerprint density at radius 3 is 2.69 bits per heavy atom. The van der Waals surface area contributed by atoms with Gasteiger partial charge in [-0.05, 0) is 47.9 Å². The van der Waals surface area contributed by atoms with Crippen molar-refractivity contribution >= 4 is 5.91 Å². The molecule has 1 aliphatic rings. The van der Waals surface area contributed by atoms with E-state index in [1.165, 1.54) is 7.11 Å². The number of carbonyl (C=O) groups is 1. The molecule has 220 valence electrons. The highest BCUT2D eigenvalue weighted by atomic mass is 19.4. The summed E-state index contributed by atoms with van der Waals surface area (Å²) in [5.41, 5.74) is 1.86. The number of aromatic nitrogens is 2. The van der Waals surface area contributed by atoms with Gasteiger partial charge in [0.2, 0.25) is 0 Å². The predicted molar refractivity (Wildman–Crippen MR) is 145 cm³/mol. The predicted octanol–water partition coefficient (Wildman–Crippen LogP) is 4.97. The van der Waals surface area contributed by atoms with Crippen molar-refractivity contribution in [3.63, 3.8) is 0 Å². The van der Waals surface area contributed by atoms with Gasteiger partial charge in [0.05, 0.1) is 25.0 Å². The lowest BCUT2D eigenvalue weighted by Gasteiger charge is -2.30. The molecule has 2 heterocycles. The first-order valence-electron chi connectivity index (χ1n) is 13.1. The molecule has 8 nitrogen and oxygen atoms in total. The summed E-state index contributed by atoms with van der Waals surface area (Å²) in [6, 6.07) is 13.6. The molecule has 2 unspecified atom stereocenters. The Kier molecular flexibility index (Phi) is 8.30.